The van der Waals surface area contributed by atoms with Gasteiger partial charge < -0.3 is 5.32 Å². The lowest BCUT2D eigenvalue weighted by molar-refractivity contribution is -0.116. The smallest absolute Gasteiger partial charge is 0.262 e. The minimum atomic E-state index is -0.297. The van der Waals surface area contributed by atoms with Gasteiger partial charge in [0.2, 0.25) is 5.91 Å². The molecule has 118 valence electrons. The number of nitrogens with zero attached hydrogens (tertiary/aromatic N) is 2. The van der Waals surface area contributed by atoms with Crippen LogP contribution in [-0.2, 0) is 11.3 Å². The third-order valence-corrected chi connectivity index (χ3v) is 5.29. The normalized spacial score (nSPS) is 10.9. The monoisotopic (exact) mass is 455 g/mol. The lowest BCUT2D eigenvalue weighted by Gasteiger charge is -2.11. The van der Waals surface area contributed by atoms with Crippen LogP contribution < -0.4 is 10.9 Å². The van der Waals surface area contributed by atoms with Gasteiger partial charge in [-0.1, -0.05) is 0 Å². The number of carbonyl (C=O) groups excluding carboxylic acids is 1. The molecule has 0 saturated heterocycles. The Morgan fingerprint density at radius 3 is 2.74 bits per heavy atom. The van der Waals surface area contributed by atoms with E-state index in [-0.39, 0.29) is 18.0 Å². The number of fused-ring (bicyclic) bond motifs is 1. The Kier molecular flexibility index (Phi) is 4.65. The number of hydrogen-bond acceptors (Lipinski definition) is 4. The van der Waals surface area contributed by atoms with Crippen molar-refractivity contribution in [3.05, 3.63) is 54.8 Å². The van der Waals surface area contributed by atoms with Crippen LogP contribution in [0.2, 0.25) is 0 Å². The summed E-state index contributed by atoms with van der Waals surface area (Å²) in [5.74, 6) is -0.297. The number of benzene rings is 1. The summed E-state index contributed by atoms with van der Waals surface area (Å²) < 4.78 is 2.85. The second kappa shape index (κ2) is 6.54. The topological polar surface area (TPSA) is 64.0 Å². The summed E-state index contributed by atoms with van der Waals surface area (Å²) in [7, 11) is 0. The molecule has 0 radical (unpaired) electrons. The number of amides is 1. The highest BCUT2D eigenvalue weighted by molar-refractivity contribution is 9.11. The van der Waals surface area contributed by atoms with Gasteiger partial charge in [-0.2, -0.15) is 0 Å². The summed E-state index contributed by atoms with van der Waals surface area (Å²) in [6.07, 6.45) is 1.40. The molecule has 0 spiro atoms. The van der Waals surface area contributed by atoms with Crippen LogP contribution in [0.3, 0.4) is 0 Å². The predicted octanol–water partition coefficient (Wildman–Crippen LogP) is 3.93. The van der Waals surface area contributed by atoms with Crippen molar-refractivity contribution in [2.75, 3.05) is 5.32 Å². The van der Waals surface area contributed by atoms with Crippen LogP contribution in [0.4, 0.5) is 5.69 Å². The Balaban J connectivity index is 1.84. The van der Waals surface area contributed by atoms with E-state index in [4.69, 9.17) is 0 Å². The van der Waals surface area contributed by atoms with Gasteiger partial charge in [-0.15, -0.1) is 11.3 Å². The fourth-order valence-electron chi connectivity index (χ4n) is 2.16. The molecule has 23 heavy (non-hydrogen) atoms. The van der Waals surface area contributed by atoms with Gasteiger partial charge in [-0.05, 0) is 67.9 Å². The zero-order valence-corrected chi connectivity index (χ0v) is 16.0. The predicted molar refractivity (Wildman–Crippen MR) is 99.1 cm³/mol. The Morgan fingerprint density at radius 2 is 2.04 bits per heavy atom. The summed E-state index contributed by atoms with van der Waals surface area (Å²) in [6.45, 7) is 1.87. The molecule has 0 unspecified atom stereocenters. The number of nitrogens with one attached hydrogen (secondary N) is 1. The Morgan fingerprint density at radius 1 is 1.35 bits per heavy atom. The highest BCUT2D eigenvalue weighted by atomic mass is 79.9. The highest BCUT2D eigenvalue weighted by Crippen LogP contribution is 2.32. The first kappa shape index (κ1) is 16.4. The standard InChI is InChI=1S/C15H11Br2N3O2S/c1-8-4-10(16)13(11(17)5-8)19-12(21)6-20-7-18-14-9(15(20)22)2-3-23-14/h2-5,7H,6H2,1H3,(H,19,21). The molecular weight excluding hydrogens is 446 g/mol. The number of anilines is 1. The molecule has 1 N–H and O–H groups in total. The summed E-state index contributed by atoms with van der Waals surface area (Å²) in [5, 5.41) is 5.15. The molecule has 5 nitrogen and oxygen atoms in total. The molecule has 1 amide bonds. The van der Waals surface area contributed by atoms with Gasteiger partial charge in [0.05, 0.1) is 17.4 Å². The number of aryl methyl sites for hydroxylation is 1. The van der Waals surface area contributed by atoms with Crippen molar-refractivity contribution in [3.8, 4) is 0 Å². The number of rotatable bonds is 3. The Bertz CT molecular complexity index is 942. The van der Waals surface area contributed by atoms with Crippen molar-refractivity contribution in [2.45, 2.75) is 13.5 Å². The third-order valence-electron chi connectivity index (χ3n) is 3.22. The van der Waals surface area contributed by atoms with Crippen LogP contribution in [0.5, 0.6) is 0 Å². The summed E-state index contributed by atoms with van der Waals surface area (Å²) in [6, 6.07) is 5.54. The average Bonchev–Trinajstić information content (AvgIpc) is 2.95. The summed E-state index contributed by atoms with van der Waals surface area (Å²) >= 11 is 8.26. The molecule has 0 fully saturated rings. The summed E-state index contributed by atoms with van der Waals surface area (Å²) in [4.78, 5) is 29.4. The van der Waals surface area contributed by atoms with Gasteiger partial charge >= 0.3 is 0 Å². The Hall–Kier alpha value is -1.51. The molecule has 1 aromatic carbocycles. The van der Waals surface area contributed by atoms with E-state index in [0.29, 0.717) is 15.9 Å². The summed E-state index contributed by atoms with van der Waals surface area (Å²) in [5.41, 5.74) is 1.48. The van der Waals surface area contributed by atoms with Crippen LogP contribution in [-0.4, -0.2) is 15.5 Å². The fourth-order valence-corrected chi connectivity index (χ4v) is 4.50. The highest BCUT2D eigenvalue weighted by Gasteiger charge is 2.12. The van der Waals surface area contributed by atoms with Crippen molar-refractivity contribution in [2.24, 2.45) is 0 Å². The number of hydrogen-bond donors (Lipinski definition) is 1. The van der Waals surface area contributed by atoms with E-state index in [1.807, 2.05) is 24.4 Å². The second-order valence-electron chi connectivity index (χ2n) is 4.97. The van der Waals surface area contributed by atoms with Crippen molar-refractivity contribution in [3.63, 3.8) is 0 Å². The molecule has 2 aromatic heterocycles. The number of aromatic nitrogens is 2. The van der Waals surface area contributed by atoms with Crippen LogP contribution in [0, 0.1) is 6.92 Å². The van der Waals surface area contributed by atoms with Crippen LogP contribution in [0.25, 0.3) is 10.2 Å². The molecule has 0 aliphatic carbocycles. The van der Waals surface area contributed by atoms with E-state index in [1.54, 1.807) is 6.07 Å². The van der Waals surface area contributed by atoms with Gasteiger partial charge in [-0.25, -0.2) is 4.98 Å². The lowest BCUT2D eigenvalue weighted by Crippen LogP contribution is -2.27. The maximum Gasteiger partial charge on any atom is 0.262 e. The molecule has 8 heteroatoms. The maximum absolute atomic E-state index is 12.3. The Labute approximate surface area is 152 Å². The number of carbonyl (C=O) groups is 1. The lowest BCUT2D eigenvalue weighted by atomic mass is 10.2. The first-order valence-corrected chi connectivity index (χ1v) is 9.10. The SMILES string of the molecule is Cc1cc(Br)c(NC(=O)Cn2cnc3sccc3c2=O)c(Br)c1. The van der Waals surface area contributed by atoms with E-state index in [1.165, 1.54) is 22.2 Å². The van der Waals surface area contributed by atoms with E-state index in [2.05, 4.69) is 42.2 Å². The molecule has 0 bridgehead atoms. The first-order chi connectivity index (χ1) is 11.0. The molecule has 0 aliphatic heterocycles. The molecule has 3 rings (SSSR count). The minimum absolute atomic E-state index is 0.0929. The fraction of sp³-hybridized carbons (Fsp3) is 0.133. The quantitative estimate of drug-likeness (QED) is 0.649. The van der Waals surface area contributed by atoms with Crippen molar-refractivity contribution in [1.82, 2.24) is 9.55 Å². The molecule has 0 atom stereocenters. The molecular formula is C15H11Br2N3O2S. The molecule has 0 saturated carbocycles. The van der Waals surface area contributed by atoms with E-state index < -0.39 is 0 Å². The van der Waals surface area contributed by atoms with Crippen molar-refractivity contribution < 1.29 is 4.79 Å². The third kappa shape index (κ3) is 3.39. The van der Waals surface area contributed by atoms with Gasteiger partial charge in [0, 0.05) is 8.95 Å². The second-order valence-corrected chi connectivity index (χ2v) is 7.57. The van der Waals surface area contributed by atoms with Gasteiger partial charge in [0.1, 0.15) is 11.4 Å². The van der Waals surface area contributed by atoms with Gasteiger partial charge in [0.25, 0.3) is 5.56 Å². The van der Waals surface area contributed by atoms with Gasteiger partial charge in [0.15, 0.2) is 0 Å². The molecule has 0 aliphatic rings. The maximum atomic E-state index is 12.3. The van der Waals surface area contributed by atoms with Crippen molar-refractivity contribution >= 4 is 65.0 Å². The van der Waals surface area contributed by atoms with Crippen LogP contribution in [0.15, 0.2) is 43.6 Å². The van der Waals surface area contributed by atoms with E-state index >= 15 is 0 Å². The zero-order valence-electron chi connectivity index (χ0n) is 12.0. The molecule has 2 heterocycles. The van der Waals surface area contributed by atoms with E-state index in [9.17, 15) is 9.59 Å². The largest absolute Gasteiger partial charge is 0.323 e. The van der Waals surface area contributed by atoms with Crippen LogP contribution >= 0.6 is 43.2 Å². The van der Waals surface area contributed by atoms with Crippen molar-refractivity contribution in [1.29, 1.82) is 0 Å². The zero-order chi connectivity index (χ0) is 16.6. The number of halogens is 2. The average molecular weight is 457 g/mol. The van der Waals surface area contributed by atoms with E-state index in [0.717, 1.165) is 14.5 Å². The first-order valence-electron chi connectivity index (χ1n) is 6.64. The minimum Gasteiger partial charge on any atom is -0.323 e. The van der Waals surface area contributed by atoms with Gasteiger partial charge in [-0.3, -0.25) is 14.2 Å². The molecule has 3 aromatic rings. The number of thiophene rings is 1. The van der Waals surface area contributed by atoms with Crippen LogP contribution in [0.1, 0.15) is 5.56 Å².